The molecule has 7 nitrogen and oxygen atoms in total. The number of hydrogen-bond acceptors (Lipinski definition) is 5. The summed E-state index contributed by atoms with van der Waals surface area (Å²) in [6.45, 7) is 0. The van der Waals surface area contributed by atoms with Gasteiger partial charge < -0.3 is 9.13 Å². The van der Waals surface area contributed by atoms with Crippen molar-refractivity contribution < 1.29 is 0 Å². The lowest BCUT2D eigenvalue weighted by molar-refractivity contribution is 0.989. The Morgan fingerprint density at radius 1 is 0.216 bits per heavy atom. The van der Waals surface area contributed by atoms with Crippen LogP contribution < -0.4 is 9.80 Å². The highest BCUT2D eigenvalue weighted by Crippen LogP contribution is 2.43. The Morgan fingerprint density at radius 3 is 1.05 bits per heavy atom. The molecule has 16 aromatic rings. The Kier molecular flexibility index (Phi) is 13.1. The number of anilines is 6. The van der Waals surface area contributed by atoms with Crippen LogP contribution in [0.15, 0.2) is 334 Å². The number of hydrogen-bond donors (Lipinski definition) is 0. The zero-order chi connectivity index (χ0) is 58.3. The van der Waals surface area contributed by atoms with Gasteiger partial charge in [-0.25, -0.2) is 0 Å². The van der Waals surface area contributed by atoms with E-state index in [-0.39, 0.29) is 0 Å². The van der Waals surface area contributed by atoms with Crippen LogP contribution in [0.3, 0.4) is 0 Å². The Bertz CT molecular complexity index is 4920. The van der Waals surface area contributed by atoms with Crippen LogP contribution in [-0.4, -0.2) is 24.1 Å². The molecule has 3 aromatic heterocycles. The largest absolute Gasteiger partial charge is 0.309 e. The number of nitrogens with zero attached hydrogens (tertiary/aromatic N) is 7. The number of aromatic nitrogens is 5. The SMILES string of the molecule is c1ccc(-c2ccccc2-c2cccc(-c3nc(N(c4ccccc4)c4ccc(-c5ccc6c(c5)c5ccccc5n6-c5ccccc5)cc4)nc(N(c4ccccc4)c4ccc(-c5ccc6c(c5)c5ccccc5n6-c5ccccc5)cc4)n3)c2)cc1. The van der Waals surface area contributed by atoms with E-state index in [2.05, 4.69) is 340 Å². The smallest absolute Gasteiger partial charge is 0.240 e. The molecule has 0 amide bonds. The van der Waals surface area contributed by atoms with Crippen molar-refractivity contribution >= 4 is 78.3 Å². The number of fused-ring (bicyclic) bond motifs is 6. The van der Waals surface area contributed by atoms with Crippen molar-refractivity contribution in [2.24, 2.45) is 0 Å². The Balaban J connectivity index is 0.836. The molecule has 0 fully saturated rings. The summed E-state index contributed by atoms with van der Waals surface area (Å²) in [5.74, 6) is 1.45. The van der Waals surface area contributed by atoms with Gasteiger partial charge in [-0.2, -0.15) is 15.0 Å². The molecule has 7 heteroatoms. The van der Waals surface area contributed by atoms with E-state index < -0.39 is 0 Å². The number of benzene rings is 13. The van der Waals surface area contributed by atoms with E-state index in [0.717, 1.165) is 95.2 Å². The Morgan fingerprint density at radius 2 is 0.568 bits per heavy atom. The number of rotatable bonds is 13. The van der Waals surface area contributed by atoms with Gasteiger partial charge in [0, 0.05) is 61.2 Å². The maximum Gasteiger partial charge on any atom is 0.240 e. The summed E-state index contributed by atoms with van der Waals surface area (Å²) in [6, 6.07) is 118. The lowest BCUT2D eigenvalue weighted by Gasteiger charge is -2.27. The van der Waals surface area contributed by atoms with Crippen LogP contribution in [0.4, 0.5) is 34.6 Å². The first-order valence-corrected chi connectivity index (χ1v) is 29.8. The third-order valence-corrected chi connectivity index (χ3v) is 16.8. The van der Waals surface area contributed by atoms with Crippen molar-refractivity contribution in [3.63, 3.8) is 0 Å². The molecule has 0 radical (unpaired) electrons. The van der Waals surface area contributed by atoms with Crippen LogP contribution in [0.2, 0.25) is 0 Å². The highest BCUT2D eigenvalue weighted by molar-refractivity contribution is 6.12. The van der Waals surface area contributed by atoms with E-state index in [9.17, 15) is 0 Å². The highest BCUT2D eigenvalue weighted by atomic mass is 15.3. The van der Waals surface area contributed by atoms with E-state index in [1.54, 1.807) is 0 Å². The van der Waals surface area contributed by atoms with Gasteiger partial charge in [-0.15, -0.1) is 0 Å². The lowest BCUT2D eigenvalue weighted by Crippen LogP contribution is -2.19. The first-order valence-electron chi connectivity index (χ1n) is 29.8. The van der Waals surface area contributed by atoms with Gasteiger partial charge in [0.25, 0.3) is 0 Å². The minimum atomic E-state index is 0.463. The van der Waals surface area contributed by atoms with Gasteiger partial charge in [0.1, 0.15) is 0 Å². The van der Waals surface area contributed by atoms with Crippen molar-refractivity contribution in [2.45, 2.75) is 0 Å². The first kappa shape index (κ1) is 51.7. The monoisotopic (exact) mass is 1130 g/mol. The average Bonchev–Trinajstić information content (AvgIpc) is 1.74. The van der Waals surface area contributed by atoms with Crippen LogP contribution in [-0.2, 0) is 0 Å². The maximum atomic E-state index is 5.57. The van der Waals surface area contributed by atoms with Gasteiger partial charge >= 0.3 is 0 Å². The average molecular weight is 1130 g/mol. The topological polar surface area (TPSA) is 55.0 Å². The molecule has 88 heavy (non-hydrogen) atoms. The van der Waals surface area contributed by atoms with E-state index in [1.807, 2.05) is 12.1 Å². The van der Waals surface area contributed by atoms with Crippen LogP contribution in [0.5, 0.6) is 0 Å². The quantitative estimate of drug-likeness (QED) is 0.115. The molecule has 0 aliphatic heterocycles. The third-order valence-electron chi connectivity index (χ3n) is 16.8. The highest BCUT2D eigenvalue weighted by Gasteiger charge is 2.25. The zero-order valence-electron chi connectivity index (χ0n) is 47.9. The molecule has 3 heterocycles. The Labute approximate surface area is 510 Å². The second-order valence-electron chi connectivity index (χ2n) is 22.0. The van der Waals surface area contributed by atoms with Crippen molar-refractivity contribution in [3.8, 4) is 67.3 Å². The second-order valence-corrected chi connectivity index (χ2v) is 22.0. The van der Waals surface area contributed by atoms with Crippen LogP contribution >= 0.6 is 0 Å². The summed E-state index contributed by atoms with van der Waals surface area (Å²) in [7, 11) is 0. The third kappa shape index (κ3) is 9.40. The van der Waals surface area contributed by atoms with Gasteiger partial charge in [0.2, 0.25) is 11.9 Å². The van der Waals surface area contributed by atoms with Gasteiger partial charge in [0.05, 0.1) is 22.1 Å². The van der Waals surface area contributed by atoms with Crippen molar-refractivity contribution in [2.75, 3.05) is 9.80 Å². The molecule has 0 aliphatic carbocycles. The summed E-state index contributed by atoms with van der Waals surface area (Å²) >= 11 is 0. The molecule has 13 aromatic carbocycles. The van der Waals surface area contributed by atoms with Gasteiger partial charge in [-0.1, -0.05) is 218 Å². The second kappa shape index (κ2) is 22.2. The predicted octanol–water partition coefficient (Wildman–Crippen LogP) is 21.3. The van der Waals surface area contributed by atoms with Crippen LogP contribution in [0, 0.1) is 0 Å². The summed E-state index contributed by atoms with van der Waals surface area (Å²) in [5.41, 5.74) is 20.3. The fourth-order valence-electron chi connectivity index (χ4n) is 12.6. The summed E-state index contributed by atoms with van der Waals surface area (Å²) < 4.78 is 4.71. The summed E-state index contributed by atoms with van der Waals surface area (Å²) in [6.07, 6.45) is 0. The fraction of sp³-hybridized carbons (Fsp3) is 0. The standard InChI is InChI=1S/C81H55N7/c1-6-23-58(24-7-1)69-35-16-17-36-70(69)61-25-22-26-62(53-61)79-82-80(85(63-27-8-2-9-28-63)67-47-41-56(42-48-67)59-45-51-77-73(54-59)71-37-18-20-39-75(71)87(77)65-31-12-4-13-32-65)84-81(83-79)86(64-29-10-3-11-30-64)68-49-43-57(44-50-68)60-46-52-78-74(55-60)72-38-19-21-40-76(72)88(78)66-33-14-5-15-34-66/h1-55H. The minimum Gasteiger partial charge on any atom is -0.309 e. The molecule has 0 spiro atoms. The lowest BCUT2D eigenvalue weighted by atomic mass is 9.94. The van der Waals surface area contributed by atoms with E-state index in [4.69, 9.17) is 15.0 Å². The molecular weight excluding hydrogens is 1070 g/mol. The predicted molar refractivity (Wildman–Crippen MR) is 365 cm³/mol. The van der Waals surface area contributed by atoms with Crippen LogP contribution in [0.1, 0.15) is 0 Å². The van der Waals surface area contributed by atoms with Gasteiger partial charge in [-0.05, 0) is 160 Å². The van der Waals surface area contributed by atoms with Crippen molar-refractivity contribution in [1.82, 2.24) is 24.1 Å². The van der Waals surface area contributed by atoms with Crippen molar-refractivity contribution in [1.29, 1.82) is 0 Å². The molecule has 0 unspecified atom stereocenters. The van der Waals surface area contributed by atoms with Gasteiger partial charge in [0.15, 0.2) is 5.82 Å². The molecule has 414 valence electrons. The maximum absolute atomic E-state index is 5.57. The van der Waals surface area contributed by atoms with Gasteiger partial charge in [-0.3, -0.25) is 9.80 Å². The molecule has 0 bridgehead atoms. The Hall–Kier alpha value is -11.9. The minimum absolute atomic E-state index is 0.463. The molecule has 0 saturated carbocycles. The zero-order valence-corrected chi connectivity index (χ0v) is 47.9. The van der Waals surface area contributed by atoms with Crippen LogP contribution in [0.25, 0.3) is 111 Å². The fourth-order valence-corrected chi connectivity index (χ4v) is 12.6. The summed E-state index contributed by atoms with van der Waals surface area (Å²) in [4.78, 5) is 20.9. The van der Waals surface area contributed by atoms with E-state index in [1.165, 1.54) is 32.6 Å². The molecule has 0 N–H and O–H groups in total. The molecule has 16 rings (SSSR count). The van der Waals surface area contributed by atoms with Crippen molar-refractivity contribution in [3.05, 3.63) is 334 Å². The first-order chi connectivity index (χ1) is 43.6. The molecule has 0 atom stereocenters. The van der Waals surface area contributed by atoms with E-state index in [0.29, 0.717) is 17.7 Å². The summed E-state index contributed by atoms with van der Waals surface area (Å²) in [5, 5.41) is 4.83. The molecule has 0 aliphatic rings. The van der Waals surface area contributed by atoms with E-state index >= 15 is 0 Å². The molecule has 0 saturated heterocycles. The molecular formula is C81H55N7. The number of para-hydroxylation sites is 6. The normalized spacial score (nSPS) is 11.4.